The average molecular weight is 381 g/mol. The van der Waals surface area contributed by atoms with E-state index in [1.54, 1.807) is 36.4 Å². The molecule has 3 N–H and O–H groups in total. The molecule has 0 aliphatic carbocycles. The Labute approximate surface area is 153 Å². The van der Waals surface area contributed by atoms with Gasteiger partial charge in [-0.1, -0.05) is 6.07 Å². The van der Waals surface area contributed by atoms with Crippen molar-refractivity contribution in [3.05, 3.63) is 53.7 Å². The van der Waals surface area contributed by atoms with Crippen molar-refractivity contribution in [1.82, 2.24) is 4.98 Å². The zero-order valence-electron chi connectivity index (χ0n) is 14.1. The van der Waals surface area contributed by atoms with E-state index in [1.807, 2.05) is 6.92 Å². The molecule has 134 valence electrons. The van der Waals surface area contributed by atoms with E-state index in [9.17, 15) is 8.42 Å². The van der Waals surface area contributed by atoms with E-state index < -0.39 is 9.84 Å². The Bertz CT molecular complexity index is 997. The van der Waals surface area contributed by atoms with Gasteiger partial charge in [-0.15, -0.1) is 12.4 Å². The maximum Gasteiger partial charge on any atom is 0.206 e. The second-order valence-electron chi connectivity index (χ2n) is 5.66. The maximum absolute atomic E-state index is 12.9. The van der Waals surface area contributed by atoms with Crippen LogP contribution < -0.4 is 10.5 Å². The summed E-state index contributed by atoms with van der Waals surface area (Å²) in [6.07, 6.45) is 0.703. The third-order valence-corrected chi connectivity index (χ3v) is 5.90. The fourth-order valence-corrected chi connectivity index (χ4v) is 4.22. The van der Waals surface area contributed by atoms with Crippen LogP contribution in [0.2, 0.25) is 0 Å². The quantitative estimate of drug-likeness (QED) is 0.711. The minimum atomic E-state index is -3.61. The van der Waals surface area contributed by atoms with E-state index in [-0.39, 0.29) is 22.2 Å². The van der Waals surface area contributed by atoms with Gasteiger partial charge in [-0.2, -0.15) is 0 Å². The maximum atomic E-state index is 12.9. The van der Waals surface area contributed by atoms with Crippen molar-refractivity contribution >= 4 is 33.1 Å². The molecule has 25 heavy (non-hydrogen) atoms. The standard InChI is InChI=1S/C18H20N2O3S.ClH/c1-12-16(8-9-19)17-11-15(6-7-18(17)20-12)24(21,22)14-5-3-4-13(10-14)23-2;/h3-7,10-11,20H,8-9,19H2,1-2H3;1H. The Hall–Kier alpha value is -2.02. The monoisotopic (exact) mass is 380 g/mol. The van der Waals surface area contributed by atoms with Crippen LogP contribution in [0.15, 0.2) is 52.3 Å². The number of aryl methyl sites for hydroxylation is 1. The zero-order valence-corrected chi connectivity index (χ0v) is 15.7. The summed E-state index contributed by atoms with van der Waals surface area (Å²) in [7, 11) is -2.10. The van der Waals surface area contributed by atoms with E-state index in [2.05, 4.69) is 4.98 Å². The molecule has 5 nitrogen and oxygen atoms in total. The van der Waals surface area contributed by atoms with Crippen LogP contribution in [0.5, 0.6) is 5.75 Å². The number of aromatic nitrogens is 1. The molecule has 3 aromatic rings. The molecule has 3 rings (SSSR count). The van der Waals surface area contributed by atoms with E-state index in [4.69, 9.17) is 10.5 Å². The Balaban J connectivity index is 0.00000225. The van der Waals surface area contributed by atoms with Crippen molar-refractivity contribution in [1.29, 1.82) is 0 Å². The van der Waals surface area contributed by atoms with Gasteiger partial charge in [0.25, 0.3) is 0 Å². The van der Waals surface area contributed by atoms with Crippen LogP contribution in [0.1, 0.15) is 11.3 Å². The van der Waals surface area contributed by atoms with Gasteiger partial charge in [0.1, 0.15) is 5.75 Å². The number of H-pyrrole nitrogens is 1. The Kier molecular flexibility index (Phi) is 5.77. The van der Waals surface area contributed by atoms with Gasteiger partial charge < -0.3 is 15.5 Å². The van der Waals surface area contributed by atoms with Gasteiger partial charge in [0.2, 0.25) is 9.84 Å². The summed E-state index contributed by atoms with van der Waals surface area (Å²) in [5.41, 5.74) is 8.68. The number of rotatable bonds is 5. The zero-order chi connectivity index (χ0) is 17.3. The summed E-state index contributed by atoms with van der Waals surface area (Å²) in [6, 6.07) is 11.6. The number of fused-ring (bicyclic) bond motifs is 1. The number of hydrogen-bond donors (Lipinski definition) is 2. The van der Waals surface area contributed by atoms with E-state index in [1.165, 1.54) is 13.2 Å². The molecule has 0 aliphatic rings. The van der Waals surface area contributed by atoms with E-state index in [0.717, 1.165) is 22.2 Å². The van der Waals surface area contributed by atoms with Crippen LogP contribution in [-0.4, -0.2) is 27.1 Å². The van der Waals surface area contributed by atoms with Crippen molar-refractivity contribution in [2.75, 3.05) is 13.7 Å². The fraction of sp³-hybridized carbons (Fsp3) is 0.222. The summed E-state index contributed by atoms with van der Waals surface area (Å²) in [5.74, 6) is 0.512. The van der Waals surface area contributed by atoms with Gasteiger partial charge in [0.15, 0.2) is 0 Å². The fourth-order valence-electron chi connectivity index (χ4n) is 2.90. The van der Waals surface area contributed by atoms with E-state index >= 15 is 0 Å². The Morgan fingerprint density at radius 1 is 1.12 bits per heavy atom. The van der Waals surface area contributed by atoms with Crippen LogP contribution in [-0.2, 0) is 16.3 Å². The minimum Gasteiger partial charge on any atom is -0.497 e. The molecule has 0 saturated heterocycles. The summed E-state index contributed by atoms with van der Waals surface area (Å²) in [6.45, 7) is 2.49. The second kappa shape index (κ2) is 7.47. The first kappa shape index (κ1) is 19.3. The van der Waals surface area contributed by atoms with Crippen molar-refractivity contribution in [2.24, 2.45) is 5.73 Å². The molecule has 0 saturated carbocycles. The first-order chi connectivity index (χ1) is 11.5. The largest absolute Gasteiger partial charge is 0.497 e. The molecule has 2 aromatic carbocycles. The number of ether oxygens (including phenoxy) is 1. The minimum absolute atomic E-state index is 0. The molecule has 0 bridgehead atoms. The number of nitrogens with one attached hydrogen (secondary N) is 1. The summed E-state index contributed by atoms with van der Waals surface area (Å²) in [5, 5.41) is 0.905. The van der Waals surface area contributed by atoms with Crippen molar-refractivity contribution < 1.29 is 13.2 Å². The molecule has 0 amide bonds. The molecular formula is C18H21ClN2O3S. The van der Waals surface area contributed by atoms with Gasteiger partial charge in [0.05, 0.1) is 16.9 Å². The molecule has 0 aliphatic heterocycles. The Morgan fingerprint density at radius 2 is 1.84 bits per heavy atom. The molecule has 0 spiro atoms. The summed E-state index contributed by atoms with van der Waals surface area (Å²) >= 11 is 0. The highest BCUT2D eigenvalue weighted by molar-refractivity contribution is 7.91. The number of sulfone groups is 1. The first-order valence-corrected chi connectivity index (χ1v) is 9.16. The van der Waals surface area contributed by atoms with Gasteiger partial charge in [-0.3, -0.25) is 0 Å². The normalized spacial score (nSPS) is 11.3. The van der Waals surface area contributed by atoms with Gasteiger partial charge in [0, 0.05) is 16.6 Å². The lowest BCUT2D eigenvalue weighted by atomic mass is 10.1. The number of halogens is 1. The van der Waals surface area contributed by atoms with Gasteiger partial charge in [-0.05, 0) is 61.9 Å². The van der Waals surface area contributed by atoms with E-state index in [0.29, 0.717) is 18.7 Å². The van der Waals surface area contributed by atoms with Crippen LogP contribution >= 0.6 is 12.4 Å². The lowest BCUT2D eigenvalue weighted by Gasteiger charge is -2.07. The van der Waals surface area contributed by atoms with Gasteiger partial charge >= 0.3 is 0 Å². The highest BCUT2D eigenvalue weighted by Gasteiger charge is 2.20. The number of nitrogens with two attached hydrogens (primary N) is 1. The number of aromatic amines is 1. The molecule has 0 fully saturated rings. The predicted molar refractivity (Wildman–Crippen MR) is 101 cm³/mol. The third kappa shape index (κ3) is 3.51. The number of hydrogen-bond acceptors (Lipinski definition) is 4. The highest BCUT2D eigenvalue weighted by Crippen LogP contribution is 2.29. The van der Waals surface area contributed by atoms with Crippen molar-refractivity contribution in [3.63, 3.8) is 0 Å². The lowest BCUT2D eigenvalue weighted by Crippen LogP contribution is -2.04. The molecule has 1 heterocycles. The highest BCUT2D eigenvalue weighted by atomic mass is 35.5. The Morgan fingerprint density at radius 3 is 2.52 bits per heavy atom. The predicted octanol–water partition coefficient (Wildman–Crippen LogP) is 3.24. The van der Waals surface area contributed by atoms with Crippen molar-refractivity contribution in [2.45, 2.75) is 23.1 Å². The smallest absolute Gasteiger partial charge is 0.206 e. The van der Waals surface area contributed by atoms with Crippen molar-refractivity contribution in [3.8, 4) is 5.75 Å². The number of methoxy groups -OCH3 is 1. The SMILES string of the molecule is COc1cccc(S(=O)(=O)c2ccc3[nH]c(C)c(CCN)c3c2)c1.Cl. The molecule has 1 aromatic heterocycles. The third-order valence-electron chi connectivity index (χ3n) is 4.15. The molecule has 0 unspecified atom stereocenters. The molecule has 7 heteroatoms. The summed E-state index contributed by atoms with van der Waals surface area (Å²) < 4.78 is 31.0. The summed E-state index contributed by atoms with van der Waals surface area (Å²) in [4.78, 5) is 3.76. The molecule has 0 radical (unpaired) electrons. The lowest BCUT2D eigenvalue weighted by molar-refractivity contribution is 0.413. The van der Waals surface area contributed by atoms with Crippen LogP contribution in [0, 0.1) is 6.92 Å². The van der Waals surface area contributed by atoms with Crippen LogP contribution in [0.4, 0.5) is 0 Å². The molecule has 0 atom stereocenters. The van der Waals surface area contributed by atoms with Crippen LogP contribution in [0.25, 0.3) is 10.9 Å². The topological polar surface area (TPSA) is 85.2 Å². The second-order valence-corrected chi connectivity index (χ2v) is 7.61. The number of benzene rings is 2. The molecular weight excluding hydrogens is 360 g/mol. The average Bonchev–Trinajstić information content (AvgIpc) is 2.90. The first-order valence-electron chi connectivity index (χ1n) is 7.68. The van der Waals surface area contributed by atoms with Crippen LogP contribution in [0.3, 0.4) is 0 Å². The van der Waals surface area contributed by atoms with Gasteiger partial charge in [-0.25, -0.2) is 8.42 Å².